The van der Waals surface area contributed by atoms with Crippen LogP contribution in [0.1, 0.15) is 36.7 Å². The van der Waals surface area contributed by atoms with E-state index in [0.717, 1.165) is 41.5 Å². The van der Waals surface area contributed by atoms with Gasteiger partial charge in [-0.25, -0.2) is 0 Å². The molecule has 2 aromatic heterocycles. The maximum Gasteiger partial charge on any atom is 0.107 e. The molecule has 0 N–H and O–H groups in total. The van der Waals surface area contributed by atoms with Crippen LogP contribution >= 0.6 is 0 Å². The topological polar surface area (TPSA) is 51.0 Å². The van der Waals surface area contributed by atoms with Crippen LogP contribution in [0.25, 0.3) is 11.4 Å². The van der Waals surface area contributed by atoms with Crippen molar-refractivity contribution in [3.63, 3.8) is 0 Å². The van der Waals surface area contributed by atoms with Crippen molar-refractivity contribution in [2.45, 2.75) is 33.6 Å². The Kier molecular flexibility index (Phi) is 3.78. The van der Waals surface area contributed by atoms with Crippen LogP contribution < -0.4 is 0 Å². The number of aliphatic imine (C=N–C) groups is 1. The second kappa shape index (κ2) is 5.72. The molecule has 0 fully saturated rings. The molecule has 4 heteroatoms. The van der Waals surface area contributed by atoms with Crippen molar-refractivity contribution < 1.29 is 0 Å². The molecular formula is C17H20N4. The maximum absolute atomic E-state index is 4.61. The second-order valence-electron chi connectivity index (χ2n) is 5.82. The lowest BCUT2D eigenvalue weighted by molar-refractivity contribution is 0.538. The van der Waals surface area contributed by atoms with Gasteiger partial charge in [-0.2, -0.15) is 0 Å². The van der Waals surface area contributed by atoms with E-state index in [-0.39, 0.29) is 0 Å². The molecule has 0 radical (unpaired) electrons. The first-order valence-corrected chi connectivity index (χ1v) is 7.44. The van der Waals surface area contributed by atoms with E-state index in [9.17, 15) is 0 Å². The quantitative estimate of drug-likeness (QED) is 0.847. The lowest BCUT2D eigenvalue weighted by Crippen LogP contribution is -2.15. The molecule has 21 heavy (non-hydrogen) atoms. The van der Waals surface area contributed by atoms with E-state index in [1.807, 2.05) is 19.2 Å². The number of aryl methyl sites for hydroxylation is 2. The Morgan fingerprint density at radius 1 is 1.00 bits per heavy atom. The van der Waals surface area contributed by atoms with Gasteiger partial charge in [0.05, 0.1) is 23.8 Å². The molecule has 108 valence electrons. The number of hydrogen-bond donors (Lipinski definition) is 0. The lowest BCUT2D eigenvalue weighted by atomic mass is 9.98. The molecule has 0 aromatic carbocycles. The summed E-state index contributed by atoms with van der Waals surface area (Å²) >= 11 is 0. The van der Waals surface area contributed by atoms with Crippen molar-refractivity contribution in [2.75, 3.05) is 6.54 Å². The molecule has 4 nitrogen and oxygen atoms in total. The van der Waals surface area contributed by atoms with E-state index in [4.69, 9.17) is 0 Å². The van der Waals surface area contributed by atoms with Crippen LogP contribution in [-0.2, 0) is 0 Å². The summed E-state index contributed by atoms with van der Waals surface area (Å²) in [6.07, 6.45) is 5.80. The van der Waals surface area contributed by atoms with E-state index in [2.05, 4.69) is 39.9 Å². The van der Waals surface area contributed by atoms with Gasteiger partial charge in [0.1, 0.15) is 11.4 Å². The van der Waals surface area contributed by atoms with Gasteiger partial charge < -0.3 is 0 Å². The van der Waals surface area contributed by atoms with Crippen molar-refractivity contribution in [2.24, 2.45) is 10.9 Å². The van der Waals surface area contributed by atoms with Gasteiger partial charge in [0.2, 0.25) is 0 Å². The molecule has 1 unspecified atom stereocenters. The average molecular weight is 280 g/mol. The Balaban J connectivity index is 1.85. The van der Waals surface area contributed by atoms with Crippen LogP contribution in [0.5, 0.6) is 0 Å². The van der Waals surface area contributed by atoms with Gasteiger partial charge >= 0.3 is 0 Å². The highest BCUT2D eigenvalue weighted by molar-refractivity contribution is 5.99. The third-order valence-electron chi connectivity index (χ3n) is 4.03. The minimum atomic E-state index is 0.681. The second-order valence-corrected chi connectivity index (χ2v) is 5.82. The monoisotopic (exact) mass is 280 g/mol. The number of aromatic nitrogens is 3. The van der Waals surface area contributed by atoms with Gasteiger partial charge in [-0.1, -0.05) is 13.0 Å². The smallest absolute Gasteiger partial charge is 0.107 e. The van der Waals surface area contributed by atoms with Crippen LogP contribution in [0.2, 0.25) is 0 Å². The summed E-state index contributed by atoms with van der Waals surface area (Å²) in [7, 11) is 0. The van der Waals surface area contributed by atoms with E-state index in [1.54, 1.807) is 6.20 Å². The number of nitrogens with zero attached hydrogens (tertiary/aromatic N) is 4. The van der Waals surface area contributed by atoms with E-state index in [0.29, 0.717) is 5.92 Å². The number of rotatable bonds is 2. The first-order chi connectivity index (χ1) is 10.1. The Morgan fingerprint density at radius 2 is 1.76 bits per heavy atom. The first-order valence-electron chi connectivity index (χ1n) is 7.44. The van der Waals surface area contributed by atoms with Crippen LogP contribution in [-0.4, -0.2) is 27.2 Å². The molecule has 0 saturated heterocycles. The molecule has 0 aliphatic carbocycles. The maximum atomic E-state index is 4.61. The fourth-order valence-electron chi connectivity index (χ4n) is 2.41. The SMILES string of the molecule is Cc1ccc(-c2cnc(C3=NCC(C)CC3)cn2)nc1C. The third kappa shape index (κ3) is 2.99. The standard InChI is InChI=1S/C17H20N4/c1-11-4-6-14(18-8-11)16-9-20-17(10-19-16)15-7-5-12(2)13(3)21-15/h5,7,9-11H,4,6,8H2,1-3H3. The van der Waals surface area contributed by atoms with Crippen molar-refractivity contribution in [3.05, 3.63) is 41.5 Å². The number of hydrogen-bond acceptors (Lipinski definition) is 4. The predicted octanol–water partition coefficient (Wildman–Crippen LogP) is 3.37. The van der Waals surface area contributed by atoms with Crippen LogP contribution in [0.4, 0.5) is 0 Å². The summed E-state index contributed by atoms with van der Waals surface area (Å²) in [5.41, 5.74) is 5.88. The Morgan fingerprint density at radius 3 is 2.38 bits per heavy atom. The molecule has 0 amide bonds. The Labute approximate surface area is 125 Å². The summed E-state index contributed by atoms with van der Waals surface area (Å²) in [6.45, 7) is 7.21. The van der Waals surface area contributed by atoms with Gasteiger partial charge in [0.25, 0.3) is 0 Å². The van der Waals surface area contributed by atoms with Crippen molar-refractivity contribution in [1.29, 1.82) is 0 Å². The molecule has 1 aliphatic heterocycles. The highest BCUT2D eigenvalue weighted by Crippen LogP contribution is 2.19. The largest absolute Gasteiger partial charge is 0.287 e. The molecule has 2 aromatic rings. The molecular weight excluding hydrogens is 260 g/mol. The minimum absolute atomic E-state index is 0.681. The summed E-state index contributed by atoms with van der Waals surface area (Å²) in [5.74, 6) is 0.681. The Hall–Kier alpha value is -2.10. The van der Waals surface area contributed by atoms with Crippen molar-refractivity contribution in [1.82, 2.24) is 15.0 Å². The highest BCUT2D eigenvalue weighted by atomic mass is 14.9. The normalized spacial score (nSPS) is 18.4. The summed E-state index contributed by atoms with van der Waals surface area (Å²) in [5, 5.41) is 0. The zero-order valence-corrected chi connectivity index (χ0v) is 12.8. The van der Waals surface area contributed by atoms with Crippen LogP contribution in [0.3, 0.4) is 0 Å². The summed E-state index contributed by atoms with van der Waals surface area (Å²) < 4.78 is 0. The zero-order chi connectivity index (χ0) is 14.8. The van der Waals surface area contributed by atoms with Gasteiger partial charge in [-0.05, 0) is 44.2 Å². The molecule has 0 saturated carbocycles. The van der Waals surface area contributed by atoms with E-state index in [1.165, 1.54) is 12.0 Å². The molecule has 0 bridgehead atoms. The van der Waals surface area contributed by atoms with Gasteiger partial charge in [-0.15, -0.1) is 0 Å². The summed E-state index contributed by atoms with van der Waals surface area (Å²) in [4.78, 5) is 18.2. The average Bonchev–Trinajstić information content (AvgIpc) is 2.51. The first kappa shape index (κ1) is 13.9. The van der Waals surface area contributed by atoms with Crippen LogP contribution in [0.15, 0.2) is 29.5 Å². The fraction of sp³-hybridized carbons (Fsp3) is 0.412. The molecule has 3 heterocycles. The minimum Gasteiger partial charge on any atom is -0.287 e. The van der Waals surface area contributed by atoms with Crippen LogP contribution in [0, 0.1) is 19.8 Å². The third-order valence-corrected chi connectivity index (χ3v) is 4.03. The van der Waals surface area contributed by atoms with Gasteiger partial charge in [-0.3, -0.25) is 19.9 Å². The van der Waals surface area contributed by atoms with Gasteiger partial charge in [0, 0.05) is 12.2 Å². The molecule has 1 aliphatic rings. The predicted molar refractivity (Wildman–Crippen MR) is 84.5 cm³/mol. The zero-order valence-electron chi connectivity index (χ0n) is 12.8. The molecule has 3 rings (SSSR count). The van der Waals surface area contributed by atoms with Crippen molar-refractivity contribution >= 4 is 5.71 Å². The van der Waals surface area contributed by atoms with Gasteiger partial charge in [0.15, 0.2) is 0 Å². The molecule has 1 atom stereocenters. The number of pyridine rings is 1. The highest BCUT2D eigenvalue weighted by Gasteiger charge is 2.14. The van der Waals surface area contributed by atoms with E-state index >= 15 is 0 Å². The Bertz CT molecular complexity index is 674. The molecule has 0 spiro atoms. The van der Waals surface area contributed by atoms with E-state index < -0.39 is 0 Å². The van der Waals surface area contributed by atoms with Crippen molar-refractivity contribution in [3.8, 4) is 11.4 Å². The lowest BCUT2D eigenvalue weighted by Gasteiger charge is -2.16. The summed E-state index contributed by atoms with van der Waals surface area (Å²) in [6, 6.07) is 4.06. The fourth-order valence-corrected chi connectivity index (χ4v) is 2.41.